The minimum atomic E-state index is 0.0659. The Bertz CT molecular complexity index is 338. The molecule has 0 amide bonds. The molecule has 1 aromatic heterocycles. The first-order valence-electron chi connectivity index (χ1n) is 6.78. The van der Waals surface area contributed by atoms with Crippen LogP contribution in [0, 0.1) is 0 Å². The van der Waals surface area contributed by atoms with Crippen LogP contribution in [-0.2, 0) is 4.74 Å². The monoisotopic (exact) mass is 233 g/mol. The maximum absolute atomic E-state index is 5.99. The van der Waals surface area contributed by atoms with Crippen molar-refractivity contribution in [3.63, 3.8) is 0 Å². The van der Waals surface area contributed by atoms with Gasteiger partial charge in [-0.1, -0.05) is 25.8 Å². The molecule has 0 aliphatic carbocycles. The summed E-state index contributed by atoms with van der Waals surface area (Å²) in [7, 11) is 0. The number of hydrogen-bond acceptors (Lipinski definition) is 2. The highest BCUT2D eigenvalue weighted by Crippen LogP contribution is 2.37. The zero-order valence-corrected chi connectivity index (χ0v) is 11.0. The van der Waals surface area contributed by atoms with Crippen LogP contribution in [0.25, 0.3) is 0 Å². The molecule has 17 heavy (non-hydrogen) atoms. The van der Waals surface area contributed by atoms with Crippen molar-refractivity contribution in [3.05, 3.63) is 30.1 Å². The molecule has 2 nitrogen and oxygen atoms in total. The second-order valence-corrected chi connectivity index (χ2v) is 5.35. The lowest BCUT2D eigenvalue weighted by Gasteiger charge is -2.38. The van der Waals surface area contributed by atoms with Gasteiger partial charge in [-0.15, -0.1) is 0 Å². The topological polar surface area (TPSA) is 22.1 Å². The van der Waals surface area contributed by atoms with Gasteiger partial charge in [-0.05, 0) is 38.3 Å². The Morgan fingerprint density at radius 1 is 1.47 bits per heavy atom. The van der Waals surface area contributed by atoms with E-state index in [9.17, 15) is 0 Å². The predicted octanol–water partition coefficient (Wildman–Crippen LogP) is 3.92. The average Bonchev–Trinajstić information content (AvgIpc) is 2.38. The van der Waals surface area contributed by atoms with E-state index in [1.807, 2.05) is 12.3 Å². The molecule has 2 atom stereocenters. The summed E-state index contributed by atoms with van der Waals surface area (Å²) in [5.41, 5.74) is 1.30. The molecule has 1 aromatic rings. The van der Waals surface area contributed by atoms with Gasteiger partial charge in [0, 0.05) is 24.4 Å². The lowest BCUT2D eigenvalue weighted by molar-refractivity contribution is -0.0791. The first-order valence-corrected chi connectivity index (χ1v) is 6.78. The van der Waals surface area contributed by atoms with Crippen molar-refractivity contribution in [3.8, 4) is 0 Å². The lowest BCUT2D eigenvalue weighted by atomic mass is 9.82. The number of rotatable bonds is 4. The van der Waals surface area contributed by atoms with Gasteiger partial charge in [0.2, 0.25) is 0 Å². The highest BCUT2D eigenvalue weighted by atomic mass is 16.5. The van der Waals surface area contributed by atoms with Crippen LogP contribution >= 0.6 is 0 Å². The van der Waals surface area contributed by atoms with Gasteiger partial charge in [-0.2, -0.15) is 0 Å². The van der Waals surface area contributed by atoms with E-state index in [-0.39, 0.29) is 5.60 Å². The van der Waals surface area contributed by atoms with Crippen molar-refractivity contribution in [1.82, 2.24) is 4.98 Å². The summed E-state index contributed by atoms with van der Waals surface area (Å²) in [6, 6.07) is 6.22. The standard InChI is InChI=1S/C15H23NO/c1-3-4-9-15(2)12-13(8-11-17-15)14-7-5-6-10-16-14/h5-7,10,13H,3-4,8-9,11-12H2,1-2H3. The molecule has 0 bridgehead atoms. The molecule has 1 saturated heterocycles. The molecule has 2 unspecified atom stereocenters. The molecule has 2 heteroatoms. The zero-order valence-electron chi connectivity index (χ0n) is 11.0. The highest BCUT2D eigenvalue weighted by Gasteiger charge is 2.33. The third-order valence-corrected chi connectivity index (χ3v) is 3.76. The van der Waals surface area contributed by atoms with E-state index < -0.39 is 0 Å². The number of aromatic nitrogens is 1. The van der Waals surface area contributed by atoms with Gasteiger partial charge in [0.1, 0.15) is 0 Å². The SMILES string of the molecule is CCCCC1(C)CC(c2ccccn2)CCO1. The van der Waals surface area contributed by atoms with Crippen LogP contribution < -0.4 is 0 Å². The van der Waals surface area contributed by atoms with E-state index in [0.717, 1.165) is 19.4 Å². The fourth-order valence-electron chi connectivity index (χ4n) is 2.72. The van der Waals surface area contributed by atoms with Crippen LogP contribution in [0.2, 0.25) is 0 Å². The predicted molar refractivity (Wildman–Crippen MR) is 70.1 cm³/mol. The summed E-state index contributed by atoms with van der Waals surface area (Å²) in [4.78, 5) is 4.49. The summed E-state index contributed by atoms with van der Waals surface area (Å²) >= 11 is 0. The Morgan fingerprint density at radius 3 is 3.06 bits per heavy atom. The Morgan fingerprint density at radius 2 is 2.35 bits per heavy atom. The maximum Gasteiger partial charge on any atom is 0.0661 e. The molecule has 0 radical (unpaired) electrons. The van der Waals surface area contributed by atoms with E-state index in [4.69, 9.17) is 4.74 Å². The van der Waals surface area contributed by atoms with E-state index in [1.54, 1.807) is 0 Å². The van der Waals surface area contributed by atoms with E-state index in [2.05, 4.69) is 31.0 Å². The van der Waals surface area contributed by atoms with Gasteiger partial charge in [-0.3, -0.25) is 4.98 Å². The summed E-state index contributed by atoms with van der Waals surface area (Å²) in [6.07, 6.45) is 7.79. The van der Waals surface area contributed by atoms with E-state index in [0.29, 0.717) is 5.92 Å². The Labute approximate surface area is 104 Å². The van der Waals surface area contributed by atoms with Crippen molar-refractivity contribution < 1.29 is 4.74 Å². The fraction of sp³-hybridized carbons (Fsp3) is 0.667. The van der Waals surface area contributed by atoms with E-state index in [1.165, 1.54) is 25.0 Å². The Balaban J connectivity index is 2.02. The Kier molecular flexibility index (Phi) is 4.16. The maximum atomic E-state index is 5.99. The summed E-state index contributed by atoms with van der Waals surface area (Å²) in [6.45, 7) is 5.38. The molecule has 0 saturated carbocycles. The van der Waals surface area contributed by atoms with Crippen molar-refractivity contribution in [2.24, 2.45) is 0 Å². The summed E-state index contributed by atoms with van der Waals surface area (Å²) < 4.78 is 5.99. The molecule has 1 fully saturated rings. The summed E-state index contributed by atoms with van der Waals surface area (Å²) in [5.74, 6) is 0.576. The van der Waals surface area contributed by atoms with Crippen LogP contribution in [0.3, 0.4) is 0 Å². The highest BCUT2D eigenvalue weighted by molar-refractivity contribution is 5.11. The molecular weight excluding hydrogens is 210 g/mol. The third-order valence-electron chi connectivity index (χ3n) is 3.76. The normalized spacial score (nSPS) is 29.2. The fourth-order valence-corrected chi connectivity index (χ4v) is 2.72. The van der Waals surface area contributed by atoms with Gasteiger partial charge in [-0.25, -0.2) is 0 Å². The Hall–Kier alpha value is -0.890. The number of hydrogen-bond donors (Lipinski definition) is 0. The molecule has 94 valence electrons. The largest absolute Gasteiger partial charge is 0.375 e. The van der Waals surface area contributed by atoms with Gasteiger partial charge in [0.25, 0.3) is 0 Å². The second-order valence-electron chi connectivity index (χ2n) is 5.35. The quantitative estimate of drug-likeness (QED) is 0.786. The molecule has 0 spiro atoms. The molecular formula is C15H23NO. The molecule has 1 aliphatic heterocycles. The number of nitrogens with zero attached hydrogens (tertiary/aromatic N) is 1. The van der Waals surface area contributed by atoms with Crippen molar-refractivity contribution in [2.75, 3.05) is 6.61 Å². The van der Waals surface area contributed by atoms with E-state index >= 15 is 0 Å². The average molecular weight is 233 g/mol. The molecule has 1 aliphatic rings. The van der Waals surface area contributed by atoms with Crippen LogP contribution in [-0.4, -0.2) is 17.2 Å². The first kappa shape index (κ1) is 12.6. The minimum absolute atomic E-state index is 0.0659. The van der Waals surface area contributed by atoms with Gasteiger partial charge in [0.15, 0.2) is 0 Å². The number of pyridine rings is 1. The van der Waals surface area contributed by atoms with Crippen LogP contribution in [0.1, 0.15) is 57.6 Å². The van der Waals surface area contributed by atoms with Crippen LogP contribution in [0.5, 0.6) is 0 Å². The van der Waals surface area contributed by atoms with Crippen molar-refractivity contribution in [1.29, 1.82) is 0 Å². The van der Waals surface area contributed by atoms with Gasteiger partial charge >= 0.3 is 0 Å². The zero-order chi connectivity index (χ0) is 12.1. The van der Waals surface area contributed by atoms with Crippen molar-refractivity contribution >= 4 is 0 Å². The number of ether oxygens (including phenoxy) is 1. The second kappa shape index (κ2) is 5.63. The third kappa shape index (κ3) is 3.29. The summed E-state index contributed by atoms with van der Waals surface area (Å²) in [5, 5.41) is 0. The molecule has 2 heterocycles. The number of unbranched alkanes of at least 4 members (excludes halogenated alkanes) is 1. The first-order chi connectivity index (χ1) is 8.23. The van der Waals surface area contributed by atoms with Gasteiger partial charge < -0.3 is 4.74 Å². The van der Waals surface area contributed by atoms with Gasteiger partial charge in [0.05, 0.1) is 5.60 Å². The molecule has 2 rings (SSSR count). The lowest BCUT2D eigenvalue weighted by Crippen LogP contribution is -2.36. The smallest absolute Gasteiger partial charge is 0.0661 e. The van der Waals surface area contributed by atoms with Crippen molar-refractivity contribution in [2.45, 2.75) is 57.5 Å². The molecule has 0 N–H and O–H groups in total. The van der Waals surface area contributed by atoms with Crippen LogP contribution in [0.15, 0.2) is 24.4 Å². The van der Waals surface area contributed by atoms with Crippen LogP contribution in [0.4, 0.5) is 0 Å². The minimum Gasteiger partial charge on any atom is -0.375 e. The molecule has 0 aromatic carbocycles.